The van der Waals surface area contributed by atoms with Crippen LogP contribution in [0.2, 0.25) is 0 Å². The van der Waals surface area contributed by atoms with Gasteiger partial charge in [-0.25, -0.2) is 0 Å². The lowest BCUT2D eigenvalue weighted by atomic mass is 10.1. The number of rotatable bonds is 0. The zero-order valence-corrected chi connectivity index (χ0v) is 6.03. The highest BCUT2D eigenvalue weighted by atomic mass is 32.2. The van der Waals surface area contributed by atoms with E-state index >= 15 is 0 Å². The molecule has 1 unspecified atom stereocenters. The van der Waals surface area contributed by atoms with Crippen molar-refractivity contribution in [2.45, 2.75) is 23.7 Å². The highest BCUT2D eigenvalue weighted by Crippen LogP contribution is 2.23. The Kier molecular flexibility index (Phi) is 2.54. The van der Waals surface area contributed by atoms with Crippen molar-refractivity contribution in [3.8, 4) is 0 Å². The lowest BCUT2D eigenvalue weighted by Gasteiger charge is -2.31. The number of hydrogen-bond acceptors (Lipinski definition) is 5. The molecule has 10 heavy (non-hydrogen) atoms. The molecule has 1 aliphatic rings. The smallest absolute Gasteiger partial charge is 0.128 e. The van der Waals surface area contributed by atoms with Gasteiger partial charge in [-0.2, -0.15) is 0 Å². The molecule has 0 spiro atoms. The molecule has 0 aromatic carbocycles. The Morgan fingerprint density at radius 1 is 1.00 bits per heavy atom. The Morgan fingerprint density at radius 3 is 2.10 bits per heavy atom. The molecule has 1 aliphatic heterocycles. The molecule has 60 valence electrons. The third kappa shape index (κ3) is 1.43. The Bertz CT molecular complexity index is 106. The maximum absolute atomic E-state index is 8.94. The highest BCUT2D eigenvalue weighted by Gasteiger charge is 2.35. The van der Waals surface area contributed by atoms with Gasteiger partial charge < -0.3 is 20.4 Å². The molecule has 0 aromatic heterocycles. The summed E-state index contributed by atoms with van der Waals surface area (Å²) in [6.45, 7) is 0. The summed E-state index contributed by atoms with van der Waals surface area (Å²) in [5, 5.41) is 35.7. The van der Waals surface area contributed by atoms with Gasteiger partial charge in [0.1, 0.15) is 17.6 Å². The molecule has 0 radical (unpaired) electrons. The van der Waals surface area contributed by atoms with Crippen molar-refractivity contribution in [1.82, 2.24) is 0 Å². The van der Waals surface area contributed by atoms with Gasteiger partial charge in [-0.05, 0) is 0 Å². The predicted octanol–water partition coefficient (Wildman–Crippen LogP) is -1.87. The molecule has 1 rings (SSSR count). The van der Waals surface area contributed by atoms with Gasteiger partial charge in [0.25, 0.3) is 0 Å². The van der Waals surface area contributed by atoms with Crippen LogP contribution in [-0.4, -0.2) is 49.9 Å². The number of aliphatic hydroxyl groups excluding tert-OH is 4. The van der Waals surface area contributed by atoms with Crippen LogP contribution in [0.25, 0.3) is 0 Å². The molecule has 0 aromatic rings. The van der Waals surface area contributed by atoms with Crippen LogP contribution in [0.1, 0.15) is 0 Å². The Morgan fingerprint density at radius 2 is 1.60 bits per heavy atom. The van der Waals surface area contributed by atoms with E-state index in [1.54, 1.807) is 0 Å². The SMILES string of the molecule is OC1SC[C@@H](O)[C@H](O)[C@H]1O. The van der Waals surface area contributed by atoms with Crippen molar-refractivity contribution in [3.05, 3.63) is 0 Å². The van der Waals surface area contributed by atoms with Crippen LogP contribution in [0.3, 0.4) is 0 Å². The van der Waals surface area contributed by atoms with Crippen LogP contribution in [0, 0.1) is 0 Å². The molecular formula is C5H10O4S. The van der Waals surface area contributed by atoms with Crippen molar-refractivity contribution < 1.29 is 20.4 Å². The van der Waals surface area contributed by atoms with Crippen LogP contribution in [0.4, 0.5) is 0 Å². The average molecular weight is 166 g/mol. The topological polar surface area (TPSA) is 80.9 Å². The summed E-state index contributed by atoms with van der Waals surface area (Å²) in [6.07, 6.45) is -3.37. The van der Waals surface area contributed by atoms with E-state index in [1.165, 1.54) is 0 Å². The van der Waals surface area contributed by atoms with Gasteiger partial charge in [0.15, 0.2) is 0 Å². The zero-order chi connectivity index (χ0) is 7.72. The van der Waals surface area contributed by atoms with Gasteiger partial charge in [0, 0.05) is 5.75 Å². The van der Waals surface area contributed by atoms with Crippen LogP contribution in [0.15, 0.2) is 0 Å². The maximum atomic E-state index is 8.94. The van der Waals surface area contributed by atoms with E-state index in [2.05, 4.69) is 0 Å². The summed E-state index contributed by atoms with van der Waals surface area (Å²) in [5.41, 5.74) is -0.974. The van der Waals surface area contributed by atoms with E-state index in [9.17, 15) is 0 Å². The Hall–Kier alpha value is 0.190. The molecular weight excluding hydrogens is 156 g/mol. The molecule has 1 saturated heterocycles. The average Bonchev–Trinajstić information content (AvgIpc) is 1.93. The third-order valence-electron chi connectivity index (χ3n) is 1.47. The molecule has 4 nitrogen and oxygen atoms in total. The Labute approximate surface area is 62.5 Å². The fourth-order valence-electron chi connectivity index (χ4n) is 0.791. The summed E-state index contributed by atoms with van der Waals surface area (Å²) < 4.78 is 0. The van der Waals surface area contributed by atoms with Gasteiger partial charge in [0.05, 0.1) is 6.10 Å². The second-order valence-electron chi connectivity index (χ2n) is 2.27. The van der Waals surface area contributed by atoms with Crippen molar-refractivity contribution in [3.63, 3.8) is 0 Å². The van der Waals surface area contributed by atoms with E-state index in [0.717, 1.165) is 11.8 Å². The standard InChI is InChI=1S/C5H10O4S/c6-2-1-10-5(9)4(8)3(2)7/h2-9H,1H2/t2-,3+,4-,5?/m1/s1. The summed E-state index contributed by atoms with van der Waals surface area (Å²) in [5.74, 6) is 0.263. The summed E-state index contributed by atoms with van der Waals surface area (Å²) in [6, 6.07) is 0. The van der Waals surface area contributed by atoms with Crippen molar-refractivity contribution in [1.29, 1.82) is 0 Å². The maximum Gasteiger partial charge on any atom is 0.128 e. The van der Waals surface area contributed by atoms with Crippen molar-refractivity contribution >= 4 is 11.8 Å². The second-order valence-corrected chi connectivity index (χ2v) is 3.42. The number of hydrogen-bond donors (Lipinski definition) is 4. The van der Waals surface area contributed by atoms with Crippen molar-refractivity contribution in [2.75, 3.05) is 5.75 Å². The first-order valence-electron chi connectivity index (χ1n) is 2.97. The van der Waals surface area contributed by atoms with Gasteiger partial charge in [-0.15, -0.1) is 11.8 Å². The minimum Gasteiger partial charge on any atom is -0.389 e. The second kappa shape index (κ2) is 3.06. The molecule has 0 aliphatic carbocycles. The zero-order valence-electron chi connectivity index (χ0n) is 5.21. The molecule has 0 saturated carbocycles. The summed E-state index contributed by atoms with van der Waals surface area (Å²) in [7, 11) is 0. The number of thioether (sulfide) groups is 1. The van der Waals surface area contributed by atoms with E-state index in [1.807, 2.05) is 0 Å². The highest BCUT2D eigenvalue weighted by molar-refractivity contribution is 7.99. The van der Waals surface area contributed by atoms with Crippen LogP contribution >= 0.6 is 11.8 Å². The minimum absolute atomic E-state index is 0.263. The fraction of sp³-hybridized carbons (Fsp3) is 1.00. The lowest BCUT2D eigenvalue weighted by molar-refractivity contribution is -0.0834. The van der Waals surface area contributed by atoms with E-state index in [-0.39, 0.29) is 5.75 Å². The normalized spacial score (nSPS) is 49.2. The molecule has 5 heteroatoms. The monoisotopic (exact) mass is 166 g/mol. The first-order valence-corrected chi connectivity index (χ1v) is 4.01. The van der Waals surface area contributed by atoms with Gasteiger partial charge >= 0.3 is 0 Å². The molecule has 1 fully saturated rings. The summed E-state index contributed by atoms with van der Waals surface area (Å²) in [4.78, 5) is 0. The largest absolute Gasteiger partial charge is 0.389 e. The number of aliphatic hydroxyl groups is 4. The third-order valence-corrected chi connectivity index (χ3v) is 2.63. The molecule has 0 bridgehead atoms. The van der Waals surface area contributed by atoms with Crippen LogP contribution in [-0.2, 0) is 0 Å². The quantitative estimate of drug-likeness (QED) is 0.339. The summed E-state index contributed by atoms with van der Waals surface area (Å²) >= 11 is 1.03. The van der Waals surface area contributed by atoms with Crippen LogP contribution in [0.5, 0.6) is 0 Å². The minimum atomic E-state index is -1.23. The molecule has 4 atom stereocenters. The van der Waals surface area contributed by atoms with Crippen molar-refractivity contribution in [2.24, 2.45) is 0 Å². The van der Waals surface area contributed by atoms with E-state index < -0.39 is 23.7 Å². The van der Waals surface area contributed by atoms with Gasteiger partial charge in [0.2, 0.25) is 0 Å². The van der Waals surface area contributed by atoms with Gasteiger partial charge in [-0.3, -0.25) is 0 Å². The molecule has 1 heterocycles. The lowest BCUT2D eigenvalue weighted by Crippen LogP contribution is -2.48. The predicted molar refractivity (Wildman–Crippen MR) is 36.5 cm³/mol. The van der Waals surface area contributed by atoms with E-state index in [0.29, 0.717) is 0 Å². The Balaban J connectivity index is 2.52. The van der Waals surface area contributed by atoms with E-state index in [4.69, 9.17) is 20.4 Å². The fourth-order valence-corrected chi connectivity index (χ4v) is 1.74. The molecule has 0 amide bonds. The molecule has 4 N–H and O–H groups in total. The first-order chi connectivity index (χ1) is 4.63. The van der Waals surface area contributed by atoms with Gasteiger partial charge in [-0.1, -0.05) is 0 Å². The first kappa shape index (κ1) is 8.29. The van der Waals surface area contributed by atoms with Crippen LogP contribution < -0.4 is 0 Å².